The van der Waals surface area contributed by atoms with Gasteiger partial charge in [-0.3, -0.25) is 14.7 Å². The molecule has 2 saturated heterocycles. The molecule has 4 aliphatic rings. The minimum absolute atomic E-state index is 0.0218. The van der Waals surface area contributed by atoms with Gasteiger partial charge in [0, 0.05) is 48.8 Å². The Morgan fingerprint density at radius 2 is 2.05 bits per heavy atom. The standard InChI is InChI=1S/C27H30N6O3S/c1-35-24-7-5-20-26(32-24)25-15(13-36-21(25)11-29-20)12-33-18-3-4-19(33)9-17(8-18)28-10-16-2-6-22-27(30-16)31-23(34)14-37-22/h2,5-7,11,15,17-19,28H,3-4,8-10,12-14H2,1H3,(H,30,31,34)/t15-,17?,18?,19?/m1/s1. The van der Waals surface area contributed by atoms with Crippen molar-refractivity contribution >= 4 is 34.5 Å². The molecule has 10 heteroatoms. The second kappa shape index (κ2) is 9.41. The molecular formula is C27H30N6O3S. The molecule has 1 amide bonds. The Labute approximate surface area is 219 Å². The van der Waals surface area contributed by atoms with E-state index in [1.165, 1.54) is 18.4 Å². The summed E-state index contributed by atoms with van der Waals surface area (Å²) in [5.74, 6) is 2.92. The largest absolute Gasteiger partial charge is 0.491 e. The number of pyridine rings is 3. The van der Waals surface area contributed by atoms with Crippen molar-refractivity contribution in [2.75, 3.05) is 31.3 Å². The molecule has 3 aromatic rings. The van der Waals surface area contributed by atoms with Gasteiger partial charge in [0.05, 0.1) is 41.8 Å². The van der Waals surface area contributed by atoms with Crippen LogP contribution < -0.4 is 20.1 Å². The SMILES string of the molecule is COc1ccc2ncc3c(c2n1)[C@H](CN1C2CCC1CC(NCc1ccc4c(n1)NC(=O)CS4)C2)CO3. The third-order valence-corrected chi connectivity index (χ3v) is 9.21. The van der Waals surface area contributed by atoms with Crippen LogP contribution in [0.2, 0.25) is 0 Å². The van der Waals surface area contributed by atoms with E-state index in [-0.39, 0.29) is 11.8 Å². The van der Waals surface area contributed by atoms with Crippen molar-refractivity contribution in [3.8, 4) is 11.6 Å². The first kappa shape index (κ1) is 23.2. The summed E-state index contributed by atoms with van der Waals surface area (Å²) in [6.45, 7) is 2.37. The molecule has 0 radical (unpaired) electrons. The molecule has 2 bridgehead atoms. The van der Waals surface area contributed by atoms with E-state index in [1.54, 1.807) is 18.9 Å². The van der Waals surface area contributed by atoms with Gasteiger partial charge in [-0.25, -0.2) is 9.97 Å². The number of carbonyl (C=O) groups excluding carboxylic acids is 1. The predicted octanol–water partition coefficient (Wildman–Crippen LogP) is 3.34. The molecule has 4 aliphatic heterocycles. The lowest BCUT2D eigenvalue weighted by Gasteiger charge is -2.40. The zero-order valence-electron chi connectivity index (χ0n) is 20.8. The van der Waals surface area contributed by atoms with Crippen molar-refractivity contribution in [1.82, 2.24) is 25.2 Å². The van der Waals surface area contributed by atoms with E-state index in [1.807, 2.05) is 18.3 Å². The van der Waals surface area contributed by atoms with Crippen LogP contribution in [0.25, 0.3) is 11.0 Å². The third kappa shape index (κ3) is 4.30. The van der Waals surface area contributed by atoms with E-state index < -0.39 is 0 Å². The van der Waals surface area contributed by atoms with Gasteiger partial charge in [0.25, 0.3) is 0 Å². The number of fused-ring (bicyclic) bond motifs is 6. The van der Waals surface area contributed by atoms with Crippen LogP contribution in [0.3, 0.4) is 0 Å². The van der Waals surface area contributed by atoms with E-state index in [9.17, 15) is 4.79 Å². The molecule has 0 aliphatic carbocycles. The molecule has 0 spiro atoms. The first-order valence-electron chi connectivity index (χ1n) is 13.0. The number of nitrogens with one attached hydrogen (secondary N) is 2. The monoisotopic (exact) mass is 518 g/mol. The minimum atomic E-state index is 0.0218. The number of anilines is 1. The van der Waals surface area contributed by atoms with Gasteiger partial charge >= 0.3 is 0 Å². The number of hydrogen-bond donors (Lipinski definition) is 2. The second-order valence-electron chi connectivity index (χ2n) is 10.4. The van der Waals surface area contributed by atoms with Gasteiger partial charge < -0.3 is 20.1 Å². The number of nitrogens with zero attached hydrogens (tertiary/aromatic N) is 4. The molecule has 9 nitrogen and oxygen atoms in total. The van der Waals surface area contributed by atoms with Crippen LogP contribution in [0.15, 0.2) is 35.4 Å². The molecular weight excluding hydrogens is 488 g/mol. The maximum atomic E-state index is 11.7. The van der Waals surface area contributed by atoms with Crippen molar-refractivity contribution in [2.24, 2.45) is 0 Å². The molecule has 2 unspecified atom stereocenters. The van der Waals surface area contributed by atoms with Crippen LogP contribution >= 0.6 is 11.8 Å². The van der Waals surface area contributed by atoms with Crippen molar-refractivity contribution in [3.05, 3.63) is 41.7 Å². The maximum Gasteiger partial charge on any atom is 0.235 e. The molecule has 2 fully saturated rings. The van der Waals surface area contributed by atoms with E-state index in [0.29, 0.717) is 48.7 Å². The highest BCUT2D eigenvalue weighted by Crippen LogP contribution is 2.42. The number of piperidine rings is 1. The maximum absolute atomic E-state index is 11.7. The summed E-state index contributed by atoms with van der Waals surface area (Å²) in [6, 6.07) is 9.59. The fourth-order valence-electron chi connectivity index (χ4n) is 6.44. The number of ether oxygens (including phenoxy) is 2. The number of amides is 1. The first-order chi connectivity index (χ1) is 18.1. The summed E-state index contributed by atoms with van der Waals surface area (Å²) in [5.41, 5.74) is 3.93. The Morgan fingerprint density at radius 3 is 2.89 bits per heavy atom. The topological polar surface area (TPSA) is 102 Å². The predicted molar refractivity (Wildman–Crippen MR) is 141 cm³/mol. The van der Waals surface area contributed by atoms with Gasteiger partial charge in [0.15, 0.2) is 0 Å². The lowest BCUT2D eigenvalue weighted by Crippen LogP contribution is -2.50. The van der Waals surface area contributed by atoms with Crippen LogP contribution in [-0.4, -0.2) is 69.9 Å². The molecule has 2 N–H and O–H groups in total. The molecule has 0 aromatic carbocycles. The Morgan fingerprint density at radius 1 is 1.19 bits per heavy atom. The zero-order chi connectivity index (χ0) is 24.9. The fraction of sp³-hybridized carbons (Fsp3) is 0.481. The van der Waals surface area contributed by atoms with Crippen LogP contribution in [0.4, 0.5) is 5.82 Å². The van der Waals surface area contributed by atoms with Crippen LogP contribution in [0, 0.1) is 0 Å². The summed E-state index contributed by atoms with van der Waals surface area (Å²) in [7, 11) is 1.65. The smallest absolute Gasteiger partial charge is 0.235 e. The average Bonchev–Trinajstić information content (AvgIpc) is 3.43. The highest BCUT2D eigenvalue weighted by molar-refractivity contribution is 8.00. The lowest BCUT2D eigenvalue weighted by molar-refractivity contribution is -0.113. The van der Waals surface area contributed by atoms with Crippen LogP contribution in [0.5, 0.6) is 11.6 Å². The van der Waals surface area contributed by atoms with E-state index >= 15 is 0 Å². The molecule has 0 saturated carbocycles. The number of rotatable bonds is 6. The Balaban J connectivity index is 1.02. The zero-order valence-corrected chi connectivity index (χ0v) is 21.6. The highest BCUT2D eigenvalue weighted by atomic mass is 32.2. The molecule has 192 valence electrons. The second-order valence-corrected chi connectivity index (χ2v) is 11.4. The normalized spacial score (nSPS) is 26.5. The van der Waals surface area contributed by atoms with Crippen molar-refractivity contribution in [3.63, 3.8) is 0 Å². The van der Waals surface area contributed by atoms with Gasteiger partial charge in [0.1, 0.15) is 17.1 Å². The number of hydrogen-bond acceptors (Lipinski definition) is 9. The molecule has 37 heavy (non-hydrogen) atoms. The molecule has 7 heterocycles. The van der Waals surface area contributed by atoms with Crippen LogP contribution in [0.1, 0.15) is 42.9 Å². The summed E-state index contributed by atoms with van der Waals surface area (Å²) in [6.07, 6.45) is 6.60. The lowest BCUT2D eigenvalue weighted by atomic mass is 9.93. The third-order valence-electron chi connectivity index (χ3n) is 8.17. The van der Waals surface area contributed by atoms with E-state index in [0.717, 1.165) is 46.8 Å². The van der Waals surface area contributed by atoms with E-state index in [2.05, 4.69) is 37.6 Å². The Hall–Kier alpha value is -2.95. The molecule has 3 aromatic heterocycles. The van der Waals surface area contributed by atoms with Gasteiger partial charge in [-0.2, -0.15) is 0 Å². The molecule has 7 rings (SSSR count). The van der Waals surface area contributed by atoms with Crippen LogP contribution in [-0.2, 0) is 11.3 Å². The fourth-order valence-corrected chi connectivity index (χ4v) is 7.19. The summed E-state index contributed by atoms with van der Waals surface area (Å²) >= 11 is 1.55. The summed E-state index contributed by atoms with van der Waals surface area (Å²) < 4.78 is 11.5. The van der Waals surface area contributed by atoms with Gasteiger partial charge in [-0.1, -0.05) is 0 Å². The number of aromatic nitrogens is 3. The number of carbonyl (C=O) groups is 1. The minimum Gasteiger partial charge on any atom is -0.491 e. The molecule has 3 atom stereocenters. The Bertz CT molecular complexity index is 1360. The number of methoxy groups -OCH3 is 1. The number of thioether (sulfide) groups is 1. The first-order valence-corrected chi connectivity index (χ1v) is 14.0. The van der Waals surface area contributed by atoms with E-state index in [4.69, 9.17) is 14.5 Å². The van der Waals surface area contributed by atoms with Crippen molar-refractivity contribution in [1.29, 1.82) is 0 Å². The summed E-state index contributed by atoms with van der Waals surface area (Å²) in [5, 5.41) is 6.65. The average molecular weight is 519 g/mol. The van der Waals surface area contributed by atoms with Gasteiger partial charge in [-0.15, -0.1) is 11.8 Å². The van der Waals surface area contributed by atoms with Gasteiger partial charge in [0.2, 0.25) is 11.8 Å². The Kier molecular flexibility index (Phi) is 5.90. The quantitative estimate of drug-likeness (QED) is 0.509. The van der Waals surface area contributed by atoms with Gasteiger partial charge in [-0.05, 0) is 43.9 Å². The highest BCUT2D eigenvalue weighted by Gasteiger charge is 2.42. The van der Waals surface area contributed by atoms with Crippen molar-refractivity contribution < 1.29 is 14.3 Å². The van der Waals surface area contributed by atoms with Crippen molar-refractivity contribution in [2.45, 2.75) is 61.2 Å². The summed E-state index contributed by atoms with van der Waals surface area (Å²) in [4.78, 5) is 29.5.